The first-order chi connectivity index (χ1) is 10.2. The summed E-state index contributed by atoms with van der Waals surface area (Å²) in [6, 6.07) is 18.8. The van der Waals surface area contributed by atoms with Gasteiger partial charge in [-0.1, -0.05) is 24.3 Å². The topological polar surface area (TPSA) is 38.0 Å². The van der Waals surface area contributed by atoms with Crippen molar-refractivity contribution in [2.75, 3.05) is 11.1 Å². The fraction of sp³-hybridized carbons (Fsp3) is 0.111. The molecule has 2 aromatic carbocycles. The van der Waals surface area contributed by atoms with E-state index in [1.807, 2.05) is 24.3 Å². The zero-order valence-electron chi connectivity index (χ0n) is 12.0. The zero-order chi connectivity index (χ0) is 14.7. The van der Waals surface area contributed by atoms with Gasteiger partial charge in [-0.15, -0.1) is 11.3 Å². The summed E-state index contributed by atoms with van der Waals surface area (Å²) in [6.45, 7) is 2.93. The van der Waals surface area contributed by atoms with Gasteiger partial charge in [0.15, 0.2) is 0 Å². The third kappa shape index (κ3) is 3.44. The molecule has 0 saturated heterocycles. The van der Waals surface area contributed by atoms with Crippen molar-refractivity contribution >= 4 is 22.7 Å². The molecule has 0 spiro atoms. The standard InChI is InChI=1S/C18H18N2S/c1-13-10-18(21-12-13)15-4-8-17(9-5-15)20-11-14-2-6-16(19)7-3-14/h2-10,12,20H,11,19H2,1H3. The summed E-state index contributed by atoms with van der Waals surface area (Å²) in [5.74, 6) is 0. The molecular formula is C18H18N2S. The number of benzene rings is 2. The first-order valence-electron chi connectivity index (χ1n) is 6.94. The highest BCUT2D eigenvalue weighted by molar-refractivity contribution is 7.13. The van der Waals surface area contributed by atoms with Crippen LogP contribution in [0.15, 0.2) is 60.0 Å². The van der Waals surface area contributed by atoms with E-state index in [0.29, 0.717) is 0 Å². The Balaban J connectivity index is 1.65. The van der Waals surface area contributed by atoms with Crippen LogP contribution in [0.1, 0.15) is 11.1 Å². The van der Waals surface area contributed by atoms with Crippen molar-refractivity contribution in [1.82, 2.24) is 0 Å². The highest BCUT2D eigenvalue weighted by Crippen LogP contribution is 2.27. The molecule has 0 aliphatic heterocycles. The molecule has 3 heteroatoms. The summed E-state index contributed by atoms with van der Waals surface area (Å²) in [5, 5.41) is 5.61. The molecule has 21 heavy (non-hydrogen) atoms. The number of aryl methyl sites for hydroxylation is 1. The molecule has 3 N–H and O–H groups in total. The van der Waals surface area contributed by atoms with Crippen molar-refractivity contribution in [3.63, 3.8) is 0 Å². The van der Waals surface area contributed by atoms with Crippen LogP contribution < -0.4 is 11.1 Å². The lowest BCUT2D eigenvalue weighted by molar-refractivity contribution is 1.15. The first-order valence-corrected chi connectivity index (χ1v) is 7.82. The molecule has 0 fully saturated rings. The van der Waals surface area contributed by atoms with Gasteiger partial charge in [-0.3, -0.25) is 0 Å². The number of thiophene rings is 1. The predicted molar refractivity (Wildman–Crippen MR) is 92.7 cm³/mol. The van der Waals surface area contributed by atoms with E-state index in [1.165, 1.54) is 21.6 Å². The SMILES string of the molecule is Cc1csc(-c2ccc(NCc3ccc(N)cc3)cc2)c1. The predicted octanol–water partition coefficient (Wildman–Crippen LogP) is 4.92. The molecule has 2 nitrogen and oxygen atoms in total. The van der Waals surface area contributed by atoms with Crippen LogP contribution in [0.3, 0.4) is 0 Å². The summed E-state index contributed by atoms with van der Waals surface area (Å²) in [7, 11) is 0. The van der Waals surface area contributed by atoms with E-state index in [-0.39, 0.29) is 0 Å². The van der Waals surface area contributed by atoms with E-state index >= 15 is 0 Å². The van der Waals surface area contributed by atoms with Gasteiger partial charge in [0.2, 0.25) is 0 Å². The normalized spacial score (nSPS) is 10.5. The average molecular weight is 294 g/mol. The Morgan fingerprint density at radius 1 is 1.00 bits per heavy atom. The van der Waals surface area contributed by atoms with Crippen LogP contribution in [0.2, 0.25) is 0 Å². The summed E-state index contributed by atoms with van der Waals surface area (Å²) in [5.41, 5.74) is 11.4. The Labute approximate surface area is 129 Å². The van der Waals surface area contributed by atoms with Crippen LogP contribution in [0.25, 0.3) is 10.4 Å². The molecule has 0 aliphatic rings. The number of hydrogen-bond acceptors (Lipinski definition) is 3. The van der Waals surface area contributed by atoms with Crippen molar-refractivity contribution in [2.45, 2.75) is 13.5 Å². The molecule has 1 heterocycles. The fourth-order valence-electron chi connectivity index (χ4n) is 2.17. The van der Waals surface area contributed by atoms with E-state index in [1.54, 1.807) is 11.3 Å². The van der Waals surface area contributed by atoms with Crippen LogP contribution in [0.4, 0.5) is 11.4 Å². The van der Waals surface area contributed by atoms with Crippen LogP contribution in [-0.2, 0) is 6.54 Å². The molecule has 3 aromatic rings. The largest absolute Gasteiger partial charge is 0.399 e. The van der Waals surface area contributed by atoms with Gasteiger partial charge in [-0.05, 0) is 59.3 Å². The number of anilines is 2. The van der Waals surface area contributed by atoms with Crippen molar-refractivity contribution in [3.8, 4) is 10.4 Å². The Morgan fingerprint density at radius 3 is 2.33 bits per heavy atom. The number of hydrogen-bond donors (Lipinski definition) is 2. The van der Waals surface area contributed by atoms with Crippen LogP contribution >= 0.6 is 11.3 Å². The van der Waals surface area contributed by atoms with E-state index < -0.39 is 0 Å². The smallest absolute Gasteiger partial charge is 0.0400 e. The van der Waals surface area contributed by atoms with Crippen molar-refractivity contribution in [2.24, 2.45) is 0 Å². The Morgan fingerprint density at radius 2 is 1.71 bits per heavy atom. The van der Waals surface area contributed by atoms with Crippen molar-refractivity contribution in [3.05, 3.63) is 71.1 Å². The van der Waals surface area contributed by atoms with Gasteiger partial charge in [0.1, 0.15) is 0 Å². The van der Waals surface area contributed by atoms with Gasteiger partial charge >= 0.3 is 0 Å². The fourth-order valence-corrected chi connectivity index (χ4v) is 3.08. The molecule has 106 valence electrons. The molecule has 1 aromatic heterocycles. The lowest BCUT2D eigenvalue weighted by atomic mass is 10.1. The quantitative estimate of drug-likeness (QED) is 0.670. The van der Waals surface area contributed by atoms with Gasteiger partial charge in [0.25, 0.3) is 0 Å². The average Bonchev–Trinajstić information content (AvgIpc) is 2.94. The first kappa shape index (κ1) is 13.7. The minimum absolute atomic E-state index is 0.800. The maximum absolute atomic E-state index is 5.69. The summed E-state index contributed by atoms with van der Waals surface area (Å²) < 4.78 is 0. The monoisotopic (exact) mass is 294 g/mol. The summed E-state index contributed by atoms with van der Waals surface area (Å²) >= 11 is 1.79. The van der Waals surface area contributed by atoms with Gasteiger partial charge in [0.05, 0.1) is 0 Å². The molecule has 0 saturated carbocycles. The van der Waals surface area contributed by atoms with Gasteiger partial charge in [0, 0.05) is 22.8 Å². The number of nitrogen functional groups attached to an aromatic ring is 1. The highest BCUT2D eigenvalue weighted by Gasteiger charge is 2.01. The second-order valence-electron chi connectivity index (χ2n) is 5.16. The summed E-state index contributed by atoms with van der Waals surface area (Å²) in [4.78, 5) is 1.32. The van der Waals surface area contributed by atoms with Crippen molar-refractivity contribution < 1.29 is 0 Å². The molecule has 0 bridgehead atoms. The number of nitrogens with one attached hydrogen (secondary N) is 1. The maximum atomic E-state index is 5.69. The van der Waals surface area contributed by atoms with Crippen LogP contribution in [0.5, 0.6) is 0 Å². The number of rotatable bonds is 4. The molecule has 0 unspecified atom stereocenters. The van der Waals surface area contributed by atoms with Gasteiger partial charge < -0.3 is 11.1 Å². The zero-order valence-corrected chi connectivity index (χ0v) is 12.8. The summed E-state index contributed by atoms with van der Waals surface area (Å²) in [6.07, 6.45) is 0. The second kappa shape index (κ2) is 6.02. The lowest BCUT2D eigenvalue weighted by Gasteiger charge is -2.07. The maximum Gasteiger partial charge on any atom is 0.0400 e. The van der Waals surface area contributed by atoms with Crippen molar-refractivity contribution in [1.29, 1.82) is 0 Å². The molecular weight excluding hydrogens is 276 g/mol. The molecule has 0 amide bonds. The van der Waals surface area contributed by atoms with Gasteiger partial charge in [-0.2, -0.15) is 0 Å². The lowest BCUT2D eigenvalue weighted by Crippen LogP contribution is -1.99. The number of nitrogens with two attached hydrogens (primary N) is 1. The Bertz CT molecular complexity index is 712. The molecule has 3 rings (SSSR count). The third-order valence-electron chi connectivity index (χ3n) is 3.38. The molecule has 0 atom stereocenters. The Kier molecular flexibility index (Phi) is 3.93. The van der Waals surface area contributed by atoms with E-state index in [9.17, 15) is 0 Å². The molecule has 0 radical (unpaired) electrons. The van der Waals surface area contributed by atoms with E-state index in [2.05, 4.69) is 48.0 Å². The van der Waals surface area contributed by atoms with Crippen LogP contribution in [-0.4, -0.2) is 0 Å². The third-order valence-corrected chi connectivity index (χ3v) is 4.47. The highest BCUT2D eigenvalue weighted by atomic mass is 32.1. The van der Waals surface area contributed by atoms with Gasteiger partial charge in [-0.25, -0.2) is 0 Å². The Hall–Kier alpha value is -2.26. The minimum atomic E-state index is 0.800. The molecule has 0 aliphatic carbocycles. The van der Waals surface area contributed by atoms with E-state index in [4.69, 9.17) is 5.73 Å². The second-order valence-corrected chi connectivity index (χ2v) is 6.07. The van der Waals surface area contributed by atoms with Crippen LogP contribution in [0, 0.1) is 6.92 Å². The minimum Gasteiger partial charge on any atom is -0.399 e. The van der Waals surface area contributed by atoms with E-state index in [0.717, 1.165) is 17.9 Å².